The van der Waals surface area contributed by atoms with E-state index < -0.39 is 0 Å². The molecule has 0 radical (unpaired) electrons. The molecule has 1 heteroatoms. The lowest BCUT2D eigenvalue weighted by molar-refractivity contribution is 0.800. The Bertz CT molecular complexity index is 1460. The molecule has 0 N–H and O–H groups in total. The number of rotatable bonds is 0. The molecule has 0 saturated heterocycles. The third kappa shape index (κ3) is 1.83. The normalized spacial score (nSPS) is 14.4. The van der Waals surface area contributed by atoms with Crippen LogP contribution in [0.4, 0.5) is 0 Å². The van der Waals surface area contributed by atoms with Crippen LogP contribution in [0.15, 0.2) is 108 Å². The lowest BCUT2D eigenvalue weighted by Crippen LogP contribution is -2.26. The van der Waals surface area contributed by atoms with E-state index in [0.717, 1.165) is 4.47 Å². The van der Waals surface area contributed by atoms with Gasteiger partial charge < -0.3 is 0 Å². The molecule has 2 aliphatic carbocycles. The maximum absolute atomic E-state index is 3.77. The zero-order valence-corrected chi connectivity index (χ0v) is 17.8. The van der Waals surface area contributed by atoms with Crippen molar-refractivity contribution in [2.24, 2.45) is 0 Å². The Hall–Kier alpha value is -3.16. The molecule has 1 spiro atoms. The van der Waals surface area contributed by atoms with Crippen LogP contribution >= 0.6 is 15.9 Å². The molecule has 5 aromatic rings. The van der Waals surface area contributed by atoms with E-state index in [1.165, 1.54) is 55.3 Å². The van der Waals surface area contributed by atoms with Crippen LogP contribution in [0.5, 0.6) is 0 Å². The Labute approximate surface area is 184 Å². The molecule has 30 heavy (non-hydrogen) atoms. The molecular weight excluding hydrogens is 428 g/mol. The Morgan fingerprint density at radius 1 is 0.500 bits per heavy atom. The molecule has 0 nitrogen and oxygen atoms in total. The third-order valence-electron chi connectivity index (χ3n) is 6.93. The summed E-state index contributed by atoms with van der Waals surface area (Å²) in [5, 5.41) is 2.64. The number of halogens is 1. The zero-order valence-electron chi connectivity index (χ0n) is 16.2. The highest BCUT2D eigenvalue weighted by molar-refractivity contribution is 9.10. The molecule has 0 unspecified atom stereocenters. The van der Waals surface area contributed by atoms with Crippen molar-refractivity contribution in [3.8, 4) is 22.3 Å². The first-order valence-electron chi connectivity index (χ1n) is 10.3. The summed E-state index contributed by atoms with van der Waals surface area (Å²) < 4.78 is 1.12. The highest BCUT2D eigenvalue weighted by atomic mass is 79.9. The van der Waals surface area contributed by atoms with Gasteiger partial charge in [0.2, 0.25) is 0 Å². The van der Waals surface area contributed by atoms with Crippen molar-refractivity contribution < 1.29 is 0 Å². The fourth-order valence-corrected chi connectivity index (χ4v) is 6.25. The highest BCUT2D eigenvalue weighted by Gasteiger charge is 2.52. The Morgan fingerprint density at radius 3 is 1.87 bits per heavy atom. The van der Waals surface area contributed by atoms with Crippen molar-refractivity contribution >= 4 is 26.7 Å². The zero-order chi connectivity index (χ0) is 19.9. The standard InChI is InChI=1S/C29H17Br/c30-19-14-16-23-24-15-13-18-7-1-2-8-20(18)28(24)29(27(23)17-19)25-11-5-3-9-21(25)22-10-4-6-12-26(22)29/h1-17H. The minimum absolute atomic E-state index is 0.289. The minimum Gasteiger partial charge on any atom is -0.0619 e. The predicted molar refractivity (Wildman–Crippen MR) is 128 cm³/mol. The van der Waals surface area contributed by atoms with E-state index >= 15 is 0 Å². The number of hydrogen-bond donors (Lipinski definition) is 0. The van der Waals surface area contributed by atoms with Gasteiger partial charge in [-0.1, -0.05) is 107 Å². The van der Waals surface area contributed by atoms with Crippen LogP contribution in [-0.4, -0.2) is 0 Å². The van der Waals surface area contributed by atoms with Gasteiger partial charge in [0.05, 0.1) is 5.41 Å². The quantitative estimate of drug-likeness (QED) is 0.222. The molecule has 0 aliphatic heterocycles. The second-order valence-electron chi connectivity index (χ2n) is 8.24. The van der Waals surface area contributed by atoms with Crippen molar-refractivity contribution in [2.75, 3.05) is 0 Å². The summed E-state index contributed by atoms with van der Waals surface area (Å²) in [5.41, 5.74) is 10.7. The van der Waals surface area contributed by atoms with Gasteiger partial charge in [0.1, 0.15) is 0 Å². The van der Waals surface area contributed by atoms with E-state index in [0.29, 0.717) is 0 Å². The van der Waals surface area contributed by atoms with Gasteiger partial charge in [0.15, 0.2) is 0 Å². The van der Waals surface area contributed by atoms with E-state index in [1.54, 1.807) is 0 Å². The first kappa shape index (κ1) is 16.6. The van der Waals surface area contributed by atoms with Crippen molar-refractivity contribution in [3.05, 3.63) is 130 Å². The van der Waals surface area contributed by atoms with Gasteiger partial charge in [-0.25, -0.2) is 0 Å². The highest BCUT2D eigenvalue weighted by Crippen LogP contribution is 2.64. The lowest BCUT2D eigenvalue weighted by Gasteiger charge is -2.31. The Kier molecular flexibility index (Phi) is 3.16. The third-order valence-corrected chi connectivity index (χ3v) is 7.43. The molecule has 0 saturated carbocycles. The Balaban J connectivity index is 1.79. The monoisotopic (exact) mass is 444 g/mol. The molecule has 0 heterocycles. The van der Waals surface area contributed by atoms with Gasteiger partial charge in [0, 0.05) is 4.47 Å². The van der Waals surface area contributed by atoms with E-state index in [2.05, 4.69) is 119 Å². The molecular formula is C29H17Br. The fraction of sp³-hybridized carbons (Fsp3) is 0.0345. The molecule has 0 amide bonds. The summed E-state index contributed by atoms with van der Waals surface area (Å²) in [6.45, 7) is 0. The van der Waals surface area contributed by atoms with E-state index in [4.69, 9.17) is 0 Å². The van der Waals surface area contributed by atoms with Gasteiger partial charge in [0.25, 0.3) is 0 Å². The fourth-order valence-electron chi connectivity index (χ4n) is 5.89. The van der Waals surface area contributed by atoms with Crippen molar-refractivity contribution in [2.45, 2.75) is 5.41 Å². The summed E-state index contributed by atoms with van der Waals surface area (Å²) in [5.74, 6) is 0. The minimum atomic E-state index is -0.289. The molecule has 0 fully saturated rings. The number of hydrogen-bond acceptors (Lipinski definition) is 0. The maximum Gasteiger partial charge on any atom is 0.0731 e. The van der Waals surface area contributed by atoms with Crippen molar-refractivity contribution in [3.63, 3.8) is 0 Å². The average Bonchev–Trinajstić information content (AvgIpc) is 3.26. The SMILES string of the molecule is Brc1ccc2c(c1)C1(c3ccccc3-c3ccccc31)c1c-2ccc2ccccc12. The first-order valence-corrected chi connectivity index (χ1v) is 11.1. The predicted octanol–water partition coefficient (Wildman–Crippen LogP) is 7.95. The lowest BCUT2D eigenvalue weighted by atomic mass is 9.69. The van der Waals surface area contributed by atoms with Crippen LogP contribution < -0.4 is 0 Å². The second kappa shape index (κ2) is 5.71. The maximum atomic E-state index is 3.77. The van der Waals surface area contributed by atoms with Gasteiger partial charge in [-0.15, -0.1) is 0 Å². The van der Waals surface area contributed by atoms with Crippen LogP contribution in [0.2, 0.25) is 0 Å². The van der Waals surface area contributed by atoms with Gasteiger partial charge in [-0.2, -0.15) is 0 Å². The summed E-state index contributed by atoms with van der Waals surface area (Å²) in [4.78, 5) is 0. The molecule has 2 aliphatic rings. The second-order valence-corrected chi connectivity index (χ2v) is 9.16. The average molecular weight is 445 g/mol. The summed E-state index contributed by atoms with van der Waals surface area (Å²) in [6, 6.07) is 38.1. The van der Waals surface area contributed by atoms with E-state index in [-0.39, 0.29) is 5.41 Å². The molecule has 0 bridgehead atoms. The van der Waals surface area contributed by atoms with Crippen LogP contribution in [0, 0.1) is 0 Å². The Morgan fingerprint density at radius 2 is 1.10 bits per heavy atom. The first-order chi connectivity index (χ1) is 14.8. The van der Waals surface area contributed by atoms with Crippen LogP contribution in [0.25, 0.3) is 33.0 Å². The van der Waals surface area contributed by atoms with Gasteiger partial charge >= 0.3 is 0 Å². The molecule has 0 atom stereocenters. The molecule has 0 aromatic heterocycles. The van der Waals surface area contributed by atoms with Gasteiger partial charge in [-0.3, -0.25) is 0 Å². The molecule has 140 valence electrons. The van der Waals surface area contributed by atoms with Crippen molar-refractivity contribution in [1.82, 2.24) is 0 Å². The van der Waals surface area contributed by atoms with Crippen LogP contribution in [0.1, 0.15) is 22.3 Å². The summed E-state index contributed by atoms with van der Waals surface area (Å²) >= 11 is 3.77. The number of benzene rings is 5. The van der Waals surface area contributed by atoms with E-state index in [1.807, 2.05) is 0 Å². The topological polar surface area (TPSA) is 0 Å². The van der Waals surface area contributed by atoms with Crippen LogP contribution in [0.3, 0.4) is 0 Å². The van der Waals surface area contributed by atoms with E-state index in [9.17, 15) is 0 Å². The largest absolute Gasteiger partial charge is 0.0731 e. The summed E-state index contributed by atoms with van der Waals surface area (Å²) in [6.07, 6.45) is 0. The van der Waals surface area contributed by atoms with Crippen LogP contribution in [-0.2, 0) is 5.41 Å². The van der Waals surface area contributed by atoms with Gasteiger partial charge in [-0.05, 0) is 67.4 Å². The molecule has 5 aromatic carbocycles. The van der Waals surface area contributed by atoms with Crippen molar-refractivity contribution in [1.29, 1.82) is 0 Å². The molecule has 7 rings (SSSR count). The summed E-state index contributed by atoms with van der Waals surface area (Å²) in [7, 11) is 0. The number of fused-ring (bicyclic) bond motifs is 12. The smallest absolute Gasteiger partial charge is 0.0619 e.